The first kappa shape index (κ1) is 15.8. The quantitative estimate of drug-likeness (QED) is 0.688. The number of aromatic nitrogens is 1. The molecule has 0 unspecified atom stereocenters. The predicted molar refractivity (Wildman–Crippen MR) is 97.3 cm³/mol. The standard InChI is InChI=1S/C21H20N2O2/c1-25-21(24)19-7-4-5-15-13-23(12-10-17(15)19)14-16-9-11-22-20-8-3-2-6-18(16)20/h2-9,11H,10,12-14H2,1H3. The normalized spacial score (nSPS) is 14.3. The third kappa shape index (κ3) is 3.01. The fourth-order valence-corrected chi connectivity index (χ4v) is 3.64. The molecule has 0 aliphatic carbocycles. The zero-order valence-corrected chi connectivity index (χ0v) is 14.2. The van der Waals surface area contributed by atoms with E-state index in [1.165, 1.54) is 23.6 Å². The van der Waals surface area contributed by atoms with Crippen LogP contribution in [0.3, 0.4) is 0 Å². The first-order chi connectivity index (χ1) is 12.3. The summed E-state index contributed by atoms with van der Waals surface area (Å²) in [4.78, 5) is 18.8. The summed E-state index contributed by atoms with van der Waals surface area (Å²) in [6.07, 6.45) is 2.74. The van der Waals surface area contributed by atoms with Crippen molar-refractivity contribution in [1.82, 2.24) is 9.88 Å². The molecule has 4 heteroatoms. The van der Waals surface area contributed by atoms with E-state index in [2.05, 4.69) is 34.1 Å². The molecular formula is C21H20N2O2. The van der Waals surface area contributed by atoms with E-state index in [-0.39, 0.29) is 5.97 Å². The fraction of sp³-hybridized carbons (Fsp3) is 0.238. The van der Waals surface area contributed by atoms with Crippen LogP contribution in [0.5, 0.6) is 0 Å². The lowest BCUT2D eigenvalue weighted by Gasteiger charge is -2.30. The topological polar surface area (TPSA) is 42.4 Å². The number of benzene rings is 2. The fourth-order valence-electron chi connectivity index (χ4n) is 3.64. The predicted octanol–water partition coefficient (Wildman–Crippen LogP) is 3.58. The van der Waals surface area contributed by atoms with E-state index in [0.717, 1.165) is 37.1 Å². The summed E-state index contributed by atoms with van der Waals surface area (Å²) in [5.41, 5.74) is 5.37. The van der Waals surface area contributed by atoms with Gasteiger partial charge in [-0.1, -0.05) is 30.3 Å². The SMILES string of the molecule is COC(=O)c1cccc2c1CCN(Cc1ccnc3ccccc13)C2. The number of pyridine rings is 1. The van der Waals surface area contributed by atoms with Gasteiger partial charge in [0.05, 0.1) is 18.2 Å². The van der Waals surface area contributed by atoms with Crippen molar-refractivity contribution in [1.29, 1.82) is 0 Å². The molecule has 0 saturated heterocycles. The van der Waals surface area contributed by atoms with Crippen molar-refractivity contribution in [2.75, 3.05) is 13.7 Å². The molecule has 1 aliphatic rings. The number of hydrogen-bond donors (Lipinski definition) is 0. The molecule has 0 saturated carbocycles. The number of carbonyl (C=O) groups excluding carboxylic acids is 1. The van der Waals surface area contributed by atoms with Crippen LogP contribution < -0.4 is 0 Å². The highest BCUT2D eigenvalue weighted by Crippen LogP contribution is 2.26. The van der Waals surface area contributed by atoms with Gasteiger partial charge in [-0.3, -0.25) is 9.88 Å². The summed E-state index contributed by atoms with van der Waals surface area (Å²) in [5.74, 6) is -0.245. The van der Waals surface area contributed by atoms with Crippen molar-refractivity contribution in [3.63, 3.8) is 0 Å². The molecule has 126 valence electrons. The van der Waals surface area contributed by atoms with Gasteiger partial charge in [0.15, 0.2) is 0 Å². The lowest BCUT2D eigenvalue weighted by molar-refractivity contribution is 0.0598. The highest BCUT2D eigenvalue weighted by atomic mass is 16.5. The second-order valence-electron chi connectivity index (χ2n) is 6.38. The Morgan fingerprint density at radius 3 is 2.92 bits per heavy atom. The maximum Gasteiger partial charge on any atom is 0.338 e. The smallest absolute Gasteiger partial charge is 0.338 e. The zero-order valence-electron chi connectivity index (χ0n) is 14.2. The van der Waals surface area contributed by atoms with E-state index in [4.69, 9.17) is 4.74 Å². The summed E-state index contributed by atoms with van der Waals surface area (Å²) in [6, 6.07) is 16.3. The van der Waals surface area contributed by atoms with Crippen LogP contribution in [0.25, 0.3) is 10.9 Å². The summed E-state index contributed by atoms with van der Waals surface area (Å²) in [6.45, 7) is 2.65. The lowest BCUT2D eigenvalue weighted by atomic mass is 9.94. The Bertz CT molecular complexity index is 931. The van der Waals surface area contributed by atoms with Crippen LogP contribution >= 0.6 is 0 Å². The van der Waals surface area contributed by atoms with Crippen molar-refractivity contribution in [2.45, 2.75) is 19.5 Å². The van der Waals surface area contributed by atoms with Gasteiger partial charge in [0.25, 0.3) is 0 Å². The highest BCUT2D eigenvalue weighted by molar-refractivity contribution is 5.91. The van der Waals surface area contributed by atoms with E-state index in [1.54, 1.807) is 0 Å². The summed E-state index contributed by atoms with van der Waals surface area (Å²) >= 11 is 0. The van der Waals surface area contributed by atoms with Crippen LogP contribution in [0.1, 0.15) is 27.0 Å². The monoisotopic (exact) mass is 332 g/mol. The van der Waals surface area contributed by atoms with Crippen molar-refractivity contribution in [3.8, 4) is 0 Å². The molecule has 1 aliphatic heterocycles. The van der Waals surface area contributed by atoms with Gasteiger partial charge < -0.3 is 4.74 Å². The number of carbonyl (C=O) groups is 1. The first-order valence-corrected chi connectivity index (χ1v) is 8.50. The molecule has 25 heavy (non-hydrogen) atoms. The Balaban J connectivity index is 1.60. The van der Waals surface area contributed by atoms with E-state index >= 15 is 0 Å². The van der Waals surface area contributed by atoms with Crippen LogP contribution in [0.15, 0.2) is 54.7 Å². The molecule has 0 fully saturated rings. The number of fused-ring (bicyclic) bond motifs is 2. The van der Waals surface area contributed by atoms with Gasteiger partial charge in [0.1, 0.15) is 0 Å². The number of rotatable bonds is 3. The number of esters is 1. The highest BCUT2D eigenvalue weighted by Gasteiger charge is 2.22. The Hall–Kier alpha value is -2.72. The van der Waals surface area contributed by atoms with Gasteiger partial charge in [0, 0.05) is 31.2 Å². The molecule has 0 N–H and O–H groups in total. The largest absolute Gasteiger partial charge is 0.465 e. The van der Waals surface area contributed by atoms with Crippen molar-refractivity contribution >= 4 is 16.9 Å². The van der Waals surface area contributed by atoms with Gasteiger partial charge in [-0.15, -0.1) is 0 Å². The molecule has 0 radical (unpaired) electrons. The maximum absolute atomic E-state index is 12.0. The molecule has 4 nitrogen and oxygen atoms in total. The Morgan fingerprint density at radius 1 is 1.16 bits per heavy atom. The summed E-state index contributed by atoms with van der Waals surface area (Å²) < 4.78 is 4.91. The van der Waals surface area contributed by atoms with Gasteiger partial charge in [-0.2, -0.15) is 0 Å². The van der Waals surface area contributed by atoms with Crippen LogP contribution in [-0.4, -0.2) is 29.5 Å². The average Bonchev–Trinajstić information content (AvgIpc) is 2.67. The van der Waals surface area contributed by atoms with Crippen molar-refractivity contribution in [3.05, 3.63) is 77.0 Å². The molecule has 0 spiro atoms. The van der Waals surface area contributed by atoms with Crippen molar-refractivity contribution < 1.29 is 9.53 Å². The van der Waals surface area contributed by atoms with Gasteiger partial charge in [0.2, 0.25) is 0 Å². The summed E-state index contributed by atoms with van der Waals surface area (Å²) in [5, 5.41) is 1.21. The van der Waals surface area contributed by atoms with E-state index < -0.39 is 0 Å². The molecule has 4 rings (SSSR count). The second kappa shape index (κ2) is 6.65. The second-order valence-corrected chi connectivity index (χ2v) is 6.38. The molecule has 0 bridgehead atoms. The third-order valence-corrected chi connectivity index (χ3v) is 4.88. The number of methoxy groups -OCH3 is 1. The van der Waals surface area contributed by atoms with E-state index in [1.807, 2.05) is 30.5 Å². The molecule has 2 heterocycles. The molecule has 1 aromatic heterocycles. The van der Waals surface area contributed by atoms with Gasteiger partial charge in [-0.05, 0) is 41.3 Å². The Labute approximate surface area is 147 Å². The minimum Gasteiger partial charge on any atom is -0.465 e. The van der Waals surface area contributed by atoms with Gasteiger partial charge in [-0.25, -0.2) is 4.79 Å². The number of nitrogens with zero attached hydrogens (tertiary/aromatic N) is 2. The minimum atomic E-state index is -0.245. The van der Waals surface area contributed by atoms with Crippen molar-refractivity contribution in [2.24, 2.45) is 0 Å². The lowest BCUT2D eigenvalue weighted by Crippen LogP contribution is -2.31. The molecule has 3 aromatic rings. The Morgan fingerprint density at radius 2 is 2.04 bits per heavy atom. The maximum atomic E-state index is 12.0. The molecule has 0 amide bonds. The van der Waals surface area contributed by atoms with E-state index in [9.17, 15) is 4.79 Å². The minimum absolute atomic E-state index is 0.245. The number of hydrogen-bond acceptors (Lipinski definition) is 4. The average molecular weight is 332 g/mol. The van der Waals surface area contributed by atoms with Gasteiger partial charge >= 0.3 is 5.97 Å². The number of ether oxygens (including phenoxy) is 1. The van der Waals surface area contributed by atoms with Crippen LogP contribution in [0, 0.1) is 0 Å². The third-order valence-electron chi connectivity index (χ3n) is 4.88. The Kier molecular flexibility index (Phi) is 4.20. The number of para-hydroxylation sites is 1. The van der Waals surface area contributed by atoms with Crippen LogP contribution in [-0.2, 0) is 24.2 Å². The summed E-state index contributed by atoms with van der Waals surface area (Å²) in [7, 11) is 1.44. The van der Waals surface area contributed by atoms with E-state index in [0.29, 0.717) is 5.56 Å². The molecule has 0 atom stereocenters. The first-order valence-electron chi connectivity index (χ1n) is 8.50. The van der Waals surface area contributed by atoms with Crippen LogP contribution in [0.2, 0.25) is 0 Å². The zero-order chi connectivity index (χ0) is 17.2. The molecular weight excluding hydrogens is 312 g/mol. The van der Waals surface area contributed by atoms with Crippen LogP contribution in [0.4, 0.5) is 0 Å². The molecule has 2 aromatic carbocycles.